The summed E-state index contributed by atoms with van der Waals surface area (Å²) in [5.74, 6) is -0.404. The SMILES string of the molecule is COc1ccc(NC(=O)COC(=O)c2cc(-c3ccccc3)n[nH]2)cc1. The molecule has 0 fully saturated rings. The van der Waals surface area contributed by atoms with Crippen LogP contribution in [0.2, 0.25) is 0 Å². The standard InChI is InChI=1S/C19H17N3O4/c1-25-15-9-7-14(8-10-15)20-18(23)12-26-19(24)17-11-16(21-22-17)13-5-3-2-4-6-13/h2-11H,12H2,1H3,(H,20,23)(H,21,22). The van der Waals surface area contributed by atoms with Crippen molar-refractivity contribution in [3.05, 3.63) is 66.4 Å². The van der Waals surface area contributed by atoms with Crippen LogP contribution in [-0.2, 0) is 9.53 Å². The van der Waals surface area contributed by atoms with Gasteiger partial charge in [0.25, 0.3) is 5.91 Å². The number of aromatic nitrogens is 2. The van der Waals surface area contributed by atoms with E-state index in [1.54, 1.807) is 37.4 Å². The van der Waals surface area contributed by atoms with Gasteiger partial charge in [-0.3, -0.25) is 9.89 Å². The molecule has 2 aromatic carbocycles. The van der Waals surface area contributed by atoms with Gasteiger partial charge >= 0.3 is 5.97 Å². The number of hydrogen-bond donors (Lipinski definition) is 2. The van der Waals surface area contributed by atoms with Gasteiger partial charge in [-0.25, -0.2) is 4.79 Å². The number of amides is 1. The number of methoxy groups -OCH3 is 1. The van der Waals surface area contributed by atoms with Crippen molar-refractivity contribution in [1.29, 1.82) is 0 Å². The number of carbonyl (C=O) groups is 2. The van der Waals surface area contributed by atoms with Crippen LogP contribution in [-0.4, -0.2) is 35.8 Å². The molecule has 26 heavy (non-hydrogen) atoms. The van der Waals surface area contributed by atoms with Gasteiger partial charge in [0.1, 0.15) is 11.4 Å². The zero-order chi connectivity index (χ0) is 18.4. The van der Waals surface area contributed by atoms with E-state index in [0.29, 0.717) is 17.1 Å². The number of carbonyl (C=O) groups excluding carboxylic acids is 2. The number of aromatic amines is 1. The van der Waals surface area contributed by atoms with Crippen LogP contribution in [0.15, 0.2) is 60.7 Å². The quantitative estimate of drug-likeness (QED) is 0.666. The summed E-state index contributed by atoms with van der Waals surface area (Å²) < 4.78 is 10.1. The van der Waals surface area contributed by atoms with Crippen molar-refractivity contribution < 1.29 is 19.1 Å². The second-order valence-electron chi connectivity index (χ2n) is 5.39. The van der Waals surface area contributed by atoms with Gasteiger partial charge in [0.2, 0.25) is 0 Å². The minimum absolute atomic E-state index is 0.182. The topological polar surface area (TPSA) is 93.3 Å². The van der Waals surface area contributed by atoms with Gasteiger partial charge in [0.05, 0.1) is 12.8 Å². The first-order valence-electron chi connectivity index (χ1n) is 7.87. The highest BCUT2D eigenvalue weighted by atomic mass is 16.5. The summed E-state index contributed by atoms with van der Waals surface area (Å²) in [6.45, 7) is -0.398. The van der Waals surface area contributed by atoms with Crippen LogP contribution in [0.3, 0.4) is 0 Å². The van der Waals surface area contributed by atoms with E-state index < -0.39 is 18.5 Å². The van der Waals surface area contributed by atoms with Gasteiger partial charge in [-0.2, -0.15) is 5.10 Å². The maximum absolute atomic E-state index is 12.0. The average Bonchev–Trinajstić information content (AvgIpc) is 3.18. The van der Waals surface area contributed by atoms with Crippen molar-refractivity contribution in [2.24, 2.45) is 0 Å². The Kier molecular flexibility index (Phi) is 5.28. The van der Waals surface area contributed by atoms with E-state index in [0.717, 1.165) is 5.56 Å². The first kappa shape index (κ1) is 17.2. The molecule has 0 atom stereocenters. The summed E-state index contributed by atoms with van der Waals surface area (Å²) in [7, 11) is 1.56. The fourth-order valence-corrected chi connectivity index (χ4v) is 2.26. The minimum atomic E-state index is -0.649. The fraction of sp³-hybridized carbons (Fsp3) is 0.105. The number of H-pyrrole nitrogens is 1. The molecule has 0 unspecified atom stereocenters. The predicted molar refractivity (Wildman–Crippen MR) is 95.9 cm³/mol. The van der Waals surface area contributed by atoms with Crippen LogP contribution in [0.5, 0.6) is 5.75 Å². The van der Waals surface area contributed by atoms with Crippen molar-refractivity contribution in [3.8, 4) is 17.0 Å². The van der Waals surface area contributed by atoms with Crippen molar-refractivity contribution in [2.45, 2.75) is 0 Å². The molecule has 0 saturated carbocycles. The summed E-state index contributed by atoms with van der Waals surface area (Å²) >= 11 is 0. The van der Waals surface area contributed by atoms with Gasteiger partial charge in [0, 0.05) is 11.3 Å². The van der Waals surface area contributed by atoms with E-state index in [9.17, 15) is 9.59 Å². The van der Waals surface area contributed by atoms with E-state index in [1.165, 1.54) is 0 Å². The third kappa shape index (κ3) is 4.27. The Morgan fingerprint density at radius 2 is 1.81 bits per heavy atom. The number of benzene rings is 2. The Labute approximate surface area is 150 Å². The summed E-state index contributed by atoms with van der Waals surface area (Å²) in [6, 6.07) is 17.8. The number of nitrogens with one attached hydrogen (secondary N) is 2. The van der Waals surface area contributed by atoms with Crippen LogP contribution < -0.4 is 10.1 Å². The average molecular weight is 351 g/mol. The molecule has 0 bridgehead atoms. The molecule has 0 radical (unpaired) electrons. The molecule has 1 amide bonds. The second kappa shape index (κ2) is 7.98. The van der Waals surface area contributed by atoms with E-state index in [4.69, 9.17) is 9.47 Å². The molecule has 0 aliphatic carbocycles. The van der Waals surface area contributed by atoms with Gasteiger partial charge in [-0.05, 0) is 30.3 Å². The third-order valence-corrected chi connectivity index (χ3v) is 3.58. The maximum atomic E-state index is 12.0. The molecular formula is C19H17N3O4. The van der Waals surface area contributed by atoms with Crippen molar-refractivity contribution >= 4 is 17.6 Å². The number of rotatable bonds is 6. The molecule has 1 heterocycles. The Balaban J connectivity index is 1.53. The Morgan fingerprint density at radius 3 is 2.50 bits per heavy atom. The zero-order valence-corrected chi connectivity index (χ0v) is 14.1. The number of hydrogen-bond acceptors (Lipinski definition) is 5. The number of esters is 1. The summed E-state index contributed by atoms with van der Waals surface area (Å²) in [6.07, 6.45) is 0. The zero-order valence-electron chi connectivity index (χ0n) is 14.1. The summed E-state index contributed by atoms with van der Waals surface area (Å²) in [5, 5.41) is 9.33. The third-order valence-electron chi connectivity index (χ3n) is 3.58. The molecule has 1 aromatic heterocycles. The lowest BCUT2D eigenvalue weighted by Gasteiger charge is -2.06. The second-order valence-corrected chi connectivity index (χ2v) is 5.39. The van der Waals surface area contributed by atoms with Gasteiger partial charge in [0.15, 0.2) is 6.61 Å². The molecule has 7 heteroatoms. The maximum Gasteiger partial charge on any atom is 0.356 e. The Hall–Kier alpha value is -3.61. The number of anilines is 1. The normalized spacial score (nSPS) is 10.2. The van der Waals surface area contributed by atoms with Gasteiger partial charge < -0.3 is 14.8 Å². The van der Waals surface area contributed by atoms with Crippen molar-refractivity contribution in [1.82, 2.24) is 10.2 Å². The lowest BCUT2D eigenvalue weighted by molar-refractivity contribution is -0.119. The van der Waals surface area contributed by atoms with E-state index in [2.05, 4.69) is 15.5 Å². The predicted octanol–water partition coefficient (Wildman–Crippen LogP) is 2.88. The van der Waals surface area contributed by atoms with Crippen LogP contribution >= 0.6 is 0 Å². The van der Waals surface area contributed by atoms with Crippen LogP contribution in [0, 0.1) is 0 Å². The van der Waals surface area contributed by atoms with E-state index in [1.807, 2.05) is 30.3 Å². The Morgan fingerprint density at radius 1 is 1.08 bits per heavy atom. The smallest absolute Gasteiger partial charge is 0.356 e. The highest BCUT2D eigenvalue weighted by molar-refractivity contribution is 5.95. The summed E-state index contributed by atoms with van der Waals surface area (Å²) in [5.41, 5.74) is 2.26. The van der Waals surface area contributed by atoms with E-state index >= 15 is 0 Å². The van der Waals surface area contributed by atoms with Crippen LogP contribution in [0.25, 0.3) is 11.3 Å². The van der Waals surface area contributed by atoms with Gasteiger partial charge in [-0.1, -0.05) is 30.3 Å². The first-order chi connectivity index (χ1) is 12.7. The monoisotopic (exact) mass is 351 g/mol. The molecular weight excluding hydrogens is 334 g/mol. The molecule has 2 N–H and O–H groups in total. The molecule has 7 nitrogen and oxygen atoms in total. The van der Waals surface area contributed by atoms with Crippen molar-refractivity contribution in [2.75, 3.05) is 19.0 Å². The Bertz CT molecular complexity index is 889. The highest BCUT2D eigenvalue weighted by Crippen LogP contribution is 2.17. The number of nitrogens with zero attached hydrogens (tertiary/aromatic N) is 1. The van der Waals surface area contributed by atoms with Gasteiger partial charge in [-0.15, -0.1) is 0 Å². The largest absolute Gasteiger partial charge is 0.497 e. The van der Waals surface area contributed by atoms with Crippen LogP contribution in [0.1, 0.15) is 10.5 Å². The lowest BCUT2D eigenvalue weighted by Crippen LogP contribution is -2.21. The molecule has 3 aromatic rings. The van der Waals surface area contributed by atoms with Crippen LogP contribution in [0.4, 0.5) is 5.69 Å². The molecule has 0 aliphatic rings. The van der Waals surface area contributed by atoms with Crippen molar-refractivity contribution in [3.63, 3.8) is 0 Å². The summed E-state index contributed by atoms with van der Waals surface area (Å²) in [4.78, 5) is 23.9. The first-order valence-corrected chi connectivity index (χ1v) is 7.87. The molecule has 132 valence electrons. The lowest BCUT2D eigenvalue weighted by atomic mass is 10.1. The molecule has 3 rings (SSSR count). The molecule has 0 aliphatic heterocycles. The minimum Gasteiger partial charge on any atom is -0.497 e. The molecule has 0 saturated heterocycles. The molecule has 0 spiro atoms. The number of ether oxygens (including phenoxy) is 2. The fourth-order valence-electron chi connectivity index (χ4n) is 2.26. The van der Waals surface area contributed by atoms with E-state index in [-0.39, 0.29) is 5.69 Å². The highest BCUT2D eigenvalue weighted by Gasteiger charge is 2.14.